The third kappa shape index (κ3) is 4.01. The van der Waals surface area contributed by atoms with Crippen molar-refractivity contribution >= 4 is 28.0 Å². The van der Waals surface area contributed by atoms with Gasteiger partial charge in [-0.15, -0.1) is 0 Å². The van der Waals surface area contributed by atoms with Crippen LogP contribution < -0.4 is 15.4 Å². The molecular weight excluding hydrogens is 367 g/mol. The largest absolute Gasteiger partial charge is 0.492 e. The number of benzene rings is 2. The number of fused-ring (bicyclic) bond motifs is 1. The van der Waals surface area contributed by atoms with Gasteiger partial charge in [0.05, 0.1) is 18.5 Å². The summed E-state index contributed by atoms with van der Waals surface area (Å²) < 4.78 is 20.3. The van der Waals surface area contributed by atoms with Gasteiger partial charge in [-0.05, 0) is 49.2 Å². The fraction of sp³-hybridized carbons (Fsp3) is 0.174. The Labute approximate surface area is 168 Å². The highest BCUT2D eigenvalue weighted by Crippen LogP contribution is 2.34. The van der Waals surface area contributed by atoms with E-state index >= 15 is 0 Å². The molecule has 0 unspecified atom stereocenters. The van der Waals surface area contributed by atoms with Crippen LogP contribution in [0.1, 0.15) is 11.3 Å². The molecule has 0 fully saturated rings. The topological polar surface area (TPSA) is 62.0 Å². The Morgan fingerprint density at radius 3 is 2.76 bits per heavy atom. The minimum atomic E-state index is -0.415. The van der Waals surface area contributed by atoms with Gasteiger partial charge in [0.1, 0.15) is 0 Å². The molecule has 2 aromatic carbocycles. The molecule has 0 radical (unpaired) electrons. The van der Waals surface area contributed by atoms with Gasteiger partial charge in [0.15, 0.2) is 11.6 Å². The zero-order valence-corrected chi connectivity index (χ0v) is 16.4. The summed E-state index contributed by atoms with van der Waals surface area (Å²) in [6, 6.07) is 15.4. The number of aryl methyl sites for hydroxylation is 1. The number of ether oxygens (including phenoxy) is 1. The van der Waals surface area contributed by atoms with Crippen LogP contribution in [0.3, 0.4) is 0 Å². The summed E-state index contributed by atoms with van der Waals surface area (Å²) in [5.41, 5.74) is 5.00. The summed E-state index contributed by atoms with van der Waals surface area (Å²) >= 11 is 0. The Hall–Kier alpha value is -3.54. The summed E-state index contributed by atoms with van der Waals surface area (Å²) in [4.78, 5) is 7.44. The number of halogens is 1. The number of pyridine rings is 1. The van der Waals surface area contributed by atoms with Crippen LogP contribution in [0.4, 0.5) is 21.5 Å². The second kappa shape index (κ2) is 8.22. The van der Waals surface area contributed by atoms with Crippen LogP contribution in [0.2, 0.25) is 0 Å². The molecule has 0 amide bonds. The Bertz CT molecular complexity index is 1140. The van der Waals surface area contributed by atoms with Crippen molar-refractivity contribution in [2.75, 3.05) is 24.3 Å². The monoisotopic (exact) mass is 390 g/mol. The van der Waals surface area contributed by atoms with Crippen molar-refractivity contribution in [3.63, 3.8) is 0 Å². The Balaban J connectivity index is 1.48. The number of anilines is 3. The van der Waals surface area contributed by atoms with Gasteiger partial charge >= 0.3 is 0 Å². The van der Waals surface area contributed by atoms with E-state index in [9.17, 15) is 4.39 Å². The lowest BCUT2D eigenvalue weighted by atomic mass is 10.1. The van der Waals surface area contributed by atoms with Crippen LogP contribution in [0.15, 0.2) is 60.9 Å². The zero-order chi connectivity index (χ0) is 20.2. The first-order chi connectivity index (χ1) is 14.2. The highest BCUT2D eigenvalue weighted by atomic mass is 19.1. The number of aromatic amines is 1. The van der Waals surface area contributed by atoms with Crippen molar-refractivity contribution in [3.8, 4) is 5.75 Å². The molecule has 29 heavy (non-hydrogen) atoms. The van der Waals surface area contributed by atoms with Crippen molar-refractivity contribution in [3.05, 3.63) is 78.0 Å². The van der Waals surface area contributed by atoms with Crippen LogP contribution in [-0.4, -0.2) is 23.6 Å². The fourth-order valence-electron chi connectivity index (χ4n) is 3.44. The van der Waals surface area contributed by atoms with Gasteiger partial charge < -0.3 is 20.4 Å². The molecule has 2 aromatic heterocycles. The first-order valence-electron chi connectivity index (χ1n) is 9.51. The van der Waals surface area contributed by atoms with E-state index in [4.69, 9.17) is 4.74 Å². The number of rotatable bonds is 7. The lowest BCUT2D eigenvalue weighted by Gasteiger charge is -2.15. The molecule has 2 heterocycles. The van der Waals surface area contributed by atoms with Gasteiger partial charge in [0, 0.05) is 41.2 Å². The van der Waals surface area contributed by atoms with Crippen molar-refractivity contribution in [1.29, 1.82) is 0 Å². The van der Waals surface area contributed by atoms with Crippen LogP contribution >= 0.6 is 0 Å². The number of nitrogens with one attached hydrogen (secondary N) is 3. The summed E-state index contributed by atoms with van der Waals surface area (Å²) in [5, 5.41) is 7.57. The molecular formula is C23H23FN4O. The molecule has 0 bridgehead atoms. The second-order valence-electron chi connectivity index (χ2n) is 6.86. The van der Waals surface area contributed by atoms with Crippen LogP contribution in [0.5, 0.6) is 5.75 Å². The summed E-state index contributed by atoms with van der Waals surface area (Å²) in [6.07, 6.45) is 4.50. The van der Waals surface area contributed by atoms with Gasteiger partial charge in [-0.1, -0.05) is 18.2 Å². The van der Waals surface area contributed by atoms with Crippen LogP contribution in [0.25, 0.3) is 10.9 Å². The van der Waals surface area contributed by atoms with E-state index in [1.54, 1.807) is 12.3 Å². The molecule has 0 aliphatic rings. The average Bonchev–Trinajstić information content (AvgIpc) is 3.13. The highest BCUT2D eigenvalue weighted by molar-refractivity contribution is 5.83. The van der Waals surface area contributed by atoms with Crippen molar-refractivity contribution in [1.82, 2.24) is 9.97 Å². The lowest BCUT2D eigenvalue weighted by Crippen LogP contribution is -2.08. The fourth-order valence-corrected chi connectivity index (χ4v) is 3.44. The molecule has 5 nitrogen and oxygen atoms in total. The number of hydrogen-bond donors (Lipinski definition) is 3. The Kier molecular flexibility index (Phi) is 5.33. The quantitative estimate of drug-likeness (QED) is 0.394. The lowest BCUT2D eigenvalue weighted by molar-refractivity contribution is 0.389. The minimum absolute atomic E-state index is 0.177. The van der Waals surface area contributed by atoms with Crippen molar-refractivity contribution in [2.45, 2.75) is 13.3 Å². The normalized spacial score (nSPS) is 10.9. The van der Waals surface area contributed by atoms with Crippen molar-refractivity contribution in [2.24, 2.45) is 0 Å². The first kappa shape index (κ1) is 18.8. The van der Waals surface area contributed by atoms with E-state index < -0.39 is 5.82 Å². The van der Waals surface area contributed by atoms with Gasteiger partial charge in [0.2, 0.25) is 0 Å². The number of hydrogen-bond acceptors (Lipinski definition) is 4. The predicted molar refractivity (Wildman–Crippen MR) is 116 cm³/mol. The van der Waals surface area contributed by atoms with E-state index in [0.717, 1.165) is 23.3 Å². The molecule has 0 atom stereocenters. The van der Waals surface area contributed by atoms with Crippen molar-refractivity contribution < 1.29 is 9.13 Å². The maximum Gasteiger partial charge on any atom is 0.190 e. The summed E-state index contributed by atoms with van der Waals surface area (Å²) in [6.45, 7) is 2.52. The molecule has 4 aromatic rings. The van der Waals surface area contributed by atoms with Gasteiger partial charge in [-0.3, -0.25) is 4.98 Å². The Morgan fingerprint density at radius 1 is 1.10 bits per heavy atom. The summed E-state index contributed by atoms with van der Waals surface area (Å²) in [7, 11) is 1.47. The zero-order valence-electron chi connectivity index (χ0n) is 16.4. The number of nitrogens with zero attached hydrogens (tertiary/aromatic N) is 1. The number of methoxy groups -OCH3 is 1. The van der Waals surface area contributed by atoms with E-state index in [1.807, 2.05) is 49.5 Å². The van der Waals surface area contributed by atoms with Crippen LogP contribution in [-0.2, 0) is 6.42 Å². The standard InChI is InChI=1S/C23H23FN4O/c1-15-13-17(10-12-25-15)28-21-8-7-20(22(24)23(21)29-2)26-11-9-16-14-27-19-6-4-3-5-18(16)19/h3-8,10,12-14,26-27H,9,11H2,1-2H3,(H,25,28). The SMILES string of the molecule is COc1c(Nc2ccnc(C)c2)ccc(NCCc2c[nH]c3ccccc23)c1F. The molecule has 4 rings (SSSR count). The molecule has 0 aliphatic heterocycles. The number of H-pyrrole nitrogens is 1. The molecule has 6 heteroatoms. The second-order valence-corrected chi connectivity index (χ2v) is 6.86. The summed E-state index contributed by atoms with van der Waals surface area (Å²) in [5.74, 6) is -0.237. The predicted octanol–water partition coefficient (Wildman–Crippen LogP) is 5.42. The van der Waals surface area contributed by atoms with E-state index in [-0.39, 0.29) is 5.75 Å². The van der Waals surface area contributed by atoms with Gasteiger partial charge in [-0.2, -0.15) is 0 Å². The smallest absolute Gasteiger partial charge is 0.190 e. The average molecular weight is 390 g/mol. The third-order valence-electron chi connectivity index (χ3n) is 4.86. The molecule has 0 saturated carbocycles. The van der Waals surface area contributed by atoms with E-state index in [0.29, 0.717) is 17.9 Å². The number of aromatic nitrogens is 2. The first-order valence-corrected chi connectivity index (χ1v) is 9.51. The third-order valence-corrected chi connectivity index (χ3v) is 4.86. The Morgan fingerprint density at radius 2 is 1.93 bits per heavy atom. The highest BCUT2D eigenvalue weighted by Gasteiger charge is 2.15. The maximum atomic E-state index is 15.0. The van der Waals surface area contributed by atoms with Gasteiger partial charge in [-0.25, -0.2) is 4.39 Å². The van der Waals surface area contributed by atoms with Crippen LogP contribution in [0, 0.1) is 12.7 Å². The molecule has 148 valence electrons. The molecule has 0 spiro atoms. The number of para-hydroxylation sites is 1. The maximum absolute atomic E-state index is 15.0. The molecule has 3 N–H and O–H groups in total. The van der Waals surface area contributed by atoms with E-state index in [1.165, 1.54) is 18.1 Å². The van der Waals surface area contributed by atoms with Gasteiger partial charge in [0.25, 0.3) is 0 Å². The van der Waals surface area contributed by atoms with E-state index in [2.05, 4.69) is 26.7 Å². The minimum Gasteiger partial charge on any atom is -0.492 e. The molecule has 0 saturated heterocycles. The molecule has 0 aliphatic carbocycles.